The molecule has 2 saturated heterocycles. The van der Waals surface area contributed by atoms with E-state index in [0.717, 1.165) is 26.2 Å². The van der Waals surface area contributed by atoms with E-state index in [0.29, 0.717) is 50.4 Å². The summed E-state index contributed by atoms with van der Waals surface area (Å²) >= 11 is 0. The van der Waals surface area contributed by atoms with Gasteiger partial charge in [-0.3, -0.25) is 19.4 Å². The topological polar surface area (TPSA) is 87.6 Å². The standard InChI is InChI=1S/C20H30N4O4/c25-15-13-21-5-9-23(10-6-21)19(27)17-1-2-18(4-3-17)20(28)24-11-7-22(8-12-24)14-16-26/h1-4,25-26H,5-16H2. The van der Waals surface area contributed by atoms with Gasteiger partial charge in [0.1, 0.15) is 0 Å². The summed E-state index contributed by atoms with van der Waals surface area (Å²) in [5.74, 6) is -0.0273. The number of aliphatic hydroxyl groups is 2. The molecule has 0 atom stereocenters. The second kappa shape index (κ2) is 9.97. The second-order valence-corrected chi connectivity index (χ2v) is 7.29. The lowest BCUT2D eigenvalue weighted by Crippen LogP contribution is -2.49. The highest BCUT2D eigenvalue weighted by Gasteiger charge is 2.24. The molecule has 0 saturated carbocycles. The van der Waals surface area contributed by atoms with E-state index in [-0.39, 0.29) is 25.0 Å². The van der Waals surface area contributed by atoms with E-state index in [2.05, 4.69) is 9.80 Å². The van der Waals surface area contributed by atoms with Crippen molar-refractivity contribution in [3.05, 3.63) is 35.4 Å². The van der Waals surface area contributed by atoms with Gasteiger partial charge in [-0.2, -0.15) is 0 Å². The van der Waals surface area contributed by atoms with Crippen LogP contribution < -0.4 is 0 Å². The summed E-state index contributed by atoms with van der Waals surface area (Å²) in [4.78, 5) is 33.3. The highest BCUT2D eigenvalue weighted by atomic mass is 16.3. The van der Waals surface area contributed by atoms with Crippen LogP contribution in [0.15, 0.2) is 24.3 Å². The highest BCUT2D eigenvalue weighted by Crippen LogP contribution is 2.13. The molecule has 2 aliphatic heterocycles. The first-order chi connectivity index (χ1) is 13.6. The van der Waals surface area contributed by atoms with E-state index in [4.69, 9.17) is 10.2 Å². The maximum Gasteiger partial charge on any atom is 0.253 e. The van der Waals surface area contributed by atoms with E-state index in [1.807, 2.05) is 9.80 Å². The Bertz CT molecular complexity index is 594. The number of benzene rings is 1. The smallest absolute Gasteiger partial charge is 0.253 e. The average molecular weight is 390 g/mol. The van der Waals surface area contributed by atoms with Crippen LogP contribution in [0.4, 0.5) is 0 Å². The SMILES string of the molecule is O=C(c1ccc(C(=O)N2CCN(CCO)CC2)cc1)N1CCN(CCO)CC1. The van der Waals surface area contributed by atoms with Gasteiger partial charge in [-0.25, -0.2) is 0 Å². The molecule has 2 amide bonds. The van der Waals surface area contributed by atoms with Crippen LogP contribution in [-0.4, -0.2) is 120 Å². The molecule has 28 heavy (non-hydrogen) atoms. The fourth-order valence-electron chi connectivity index (χ4n) is 3.75. The van der Waals surface area contributed by atoms with Gasteiger partial charge in [-0.05, 0) is 24.3 Å². The van der Waals surface area contributed by atoms with E-state index >= 15 is 0 Å². The third-order valence-corrected chi connectivity index (χ3v) is 5.53. The van der Waals surface area contributed by atoms with Crippen LogP contribution in [0.1, 0.15) is 20.7 Å². The fraction of sp³-hybridized carbons (Fsp3) is 0.600. The van der Waals surface area contributed by atoms with Gasteiger partial charge in [0.2, 0.25) is 0 Å². The molecule has 0 unspecified atom stereocenters. The molecule has 0 aromatic heterocycles. The van der Waals surface area contributed by atoms with Gasteiger partial charge in [0.25, 0.3) is 11.8 Å². The van der Waals surface area contributed by atoms with Crippen LogP contribution in [0.25, 0.3) is 0 Å². The molecule has 2 heterocycles. The lowest BCUT2D eigenvalue weighted by Gasteiger charge is -2.34. The van der Waals surface area contributed by atoms with Gasteiger partial charge >= 0.3 is 0 Å². The molecule has 3 rings (SSSR count). The number of piperazine rings is 2. The Kier molecular flexibility index (Phi) is 7.38. The zero-order chi connectivity index (χ0) is 19.9. The fourth-order valence-corrected chi connectivity index (χ4v) is 3.75. The Morgan fingerprint density at radius 1 is 0.643 bits per heavy atom. The van der Waals surface area contributed by atoms with Crippen molar-refractivity contribution in [1.29, 1.82) is 0 Å². The van der Waals surface area contributed by atoms with E-state index in [1.165, 1.54) is 0 Å². The van der Waals surface area contributed by atoms with Crippen LogP contribution in [0.5, 0.6) is 0 Å². The van der Waals surface area contributed by atoms with E-state index in [9.17, 15) is 9.59 Å². The number of carbonyl (C=O) groups excluding carboxylic acids is 2. The molecular weight excluding hydrogens is 360 g/mol. The largest absolute Gasteiger partial charge is 0.395 e. The molecule has 2 aliphatic rings. The molecule has 0 aliphatic carbocycles. The average Bonchev–Trinajstić information content (AvgIpc) is 2.74. The molecular formula is C20H30N4O4. The van der Waals surface area contributed by atoms with Crippen LogP contribution in [-0.2, 0) is 0 Å². The van der Waals surface area contributed by atoms with Crippen molar-refractivity contribution >= 4 is 11.8 Å². The molecule has 1 aromatic carbocycles. The molecule has 0 bridgehead atoms. The molecule has 2 fully saturated rings. The van der Waals surface area contributed by atoms with E-state index < -0.39 is 0 Å². The minimum Gasteiger partial charge on any atom is -0.395 e. The number of β-amino-alcohol motifs (C(OH)–C–C–N with tert-alkyl or cyclic N) is 2. The summed E-state index contributed by atoms with van der Waals surface area (Å²) in [5.41, 5.74) is 1.19. The molecule has 8 heteroatoms. The molecule has 2 N–H and O–H groups in total. The highest BCUT2D eigenvalue weighted by molar-refractivity contribution is 5.98. The van der Waals surface area contributed by atoms with Gasteiger partial charge in [0, 0.05) is 76.6 Å². The Hall–Kier alpha value is -2.00. The zero-order valence-electron chi connectivity index (χ0n) is 16.3. The predicted octanol–water partition coefficient (Wildman–Crippen LogP) is -0.813. The van der Waals surface area contributed by atoms with Gasteiger partial charge < -0.3 is 20.0 Å². The third kappa shape index (κ3) is 5.08. The number of hydrogen-bond donors (Lipinski definition) is 2. The summed E-state index contributed by atoms with van der Waals surface area (Å²) < 4.78 is 0. The molecule has 154 valence electrons. The maximum absolute atomic E-state index is 12.7. The number of amides is 2. The van der Waals surface area contributed by atoms with Crippen LogP contribution >= 0.6 is 0 Å². The summed E-state index contributed by atoms with van der Waals surface area (Å²) in [6, 6.07) is 6.94. The lowest BCUT2D eigenvalue weighted by molar-refractivity contribution is 0.0603. The third-order valence-electron chi connectivity index (χ3n) is 5.53. The van der Waals surface area contributed by atoms with Crippen molar-refractivity contribution < 1.29 is 19.8 Å². The maximum atomic E-state index is 12.7. The Balaban J connectivity index is 1.53. The van der Waals surface area contributed by atoms with Gasteiger partial charge in [-0.1, -0.05) is 0 Å². The zero-order valence-corrected chi connectivity index (χ0v) is 16.3. The summed E-state index contributed by atoms with van der Waals surface area (Å²) in [5, 5.41) is 18.0. The molecule has 0 radical (unpaired) electrons. The Labute approximate surface area is 165 Å². The van der Waals surface area contributed by atoms with Gasteiger partial charge in [-0.15, -0.1) is 0 Å². The normalized spacial score (nSPS) is 19.1. The van der Waals surface area contributed by atoms with E-state index in [1.54, 1.807) is 24.3 Å². The summed E-state index contributed by atoms with van der Waals surface area (Å²) in [6.07, 6.45) is 0. The van der Waals surface area contributed by atoms with Crippen LogP contribution in [0.3, 0.4) is 0 Å². The van der Waals surface area contributed by atoms with Crippen molar-refractivity contribution in [3.63, 3.8) is 0 Å². The number of aliphatic hydroxyl groups excluding tert-OH is 2. The molecule has 1 aromatic rings. The molecule has 8 nitrogen and oxygen atoms in total. The van der Waals surface area contributed by atoms with Crippen molar-refractivity contribution in [3.8, 4) is 0 Å². The summed E-state index contributed by atoms with van der Waals surface area (Å²) in [6.45, 7) is 7.25. The number of carbonyl (C=O) groups is 2. The minimum atomic E-state index is -0.0136. The number of nitrogens with zero attached hydrogens (tertiary/aromatic N) is 4. The first-order valence-corrected chi connectivity index (χ1v) is 9.97. The Morgan fingerprint density at radius 3 is 1.25 bits per heavy atom. The first-order valence-electron chi connectivity index (χ1n) is 9.97. The number of hydrogen-bond acceptors (Lipinski definition) is 6. The van der Waals surface area contributed by atoms with Crippen molar-refractivity contribution in [1.82, 2.24) is 19.6 Å². The van der Waals surface area contributed by atoms with Gasteiger partial charge in [0.05, 0.1) is 13.2 Å². The van der Waals surface area contributed by atoms with Crippen molar-refractivity contribution in [2.75, 3.05) is 78.7 Å². The first kappa shape index (κ1) is 20.7. The van der Waals surface area contributed by atoms with Crippen molar-refractivity contribution in [2.45, 2.75) is 0 Å². The second-order valence-electron chi connectivity index (χ2n) is 7.29. The monoisotopic (exact) mass is 390 g/mol. The Morgan fingerprint density at radius 2 is 0.964 bits per heavy atom. The van der Waals surface area contributed by atoms with Crippen LogP contribution in [0.2, 0.25) is 0 Å². The summed E-state index contributed by atoms with van der Waals surface area (Å²) in [7, 11) is 0. The minimum absolute atomic E-state index is 0.0136. The van der Waals surface area contributed by atoms with Crippen LogP contribution in [0, 0.1) is 0 Å². The number of rotatable bonds is 6. The van der Waals surface area contributed by atoms with Gasteiger partial charge in [0.15, 0.2) is 0 Å². The van der Waals surface area contributed by atoms with Crippen molar-refractivity contribution in [2.24, 2.45) is 0 Å². The lowest BCUT2D eigenvalue weighted by atomic mass is 10.1. The quantitative estimate of drug-likeness (QED) is 0.661. The molecule has 0 spiro atoms. The predicted molar refractivity (Wildman–Crippen MR) is 105 cm³/mol.